The topological polar surface area (TPSA) is 48.2 Å². The lowest BCUT2D eigenvalue weighted by molar-refractivity contribution is 0.127. The summed E-state index contributed by atoms with van der Waals surface area (Å²) < 4.78 is 10.6. The Morgan fingerprint density at radius 2 is 2.40 bits per heavy atom. The van der Waals surface area contributed by atoms with E-state index < -0.39 is 0 Å². The van der Waals surface area contributed by atoms with Crippen LogP contribution < -0.4 is 0 Å². The molecule has 0 radical (unpaired) electrons. The van der Waals surface area contributed by atoms with Crippen LogP contribution in [0.4, 0.5) is 0 Å². The van der Waals surface area contributed by atoms with E-state index in [4.69, 9.17) is 9.26 Å². The highest BCUT2D eigenvalue weighted by molar-refractivity contribution is 7.99. The summed E-state index contributed by atoms with van der Waals surface area (Å²) in [5.74, 6) is 2.32. The Morgan fingerprint density at radius 3 is 3.00 bits per heavy atom. The summed E-state index contributed by atoms with van der Waals surface area (Å²) in [6.45, 7) is 5.02. The molecule has 0 amide bonds. The van der Waals surface area contributed by atoms with Gasteiger partial charge in [0.25, 0.3) is 0 Å². The van der Waals surface area contributed by atoms with E-state index in [1.807, 2.05) is 18.7 Å². The highest BCUT2D eigenvalue weighted by atomic mass is 32.2. The second-order valence-electron chi connectivity index (χ2n) is 3.67. The number of hydrogen-bond donors (Lipinski definition) is 0. The average Bonchev–Trinajstić information content (AvgIpc) is 2.84. The van der Waals surface area contributed by atoms with Gasteiger partial charge in [0.05, 0.1) is 11.9 Å². The second kappa shape index (κ2) is 4.99. The maximum atomic E-state index is 5.49. The predicted molar refractivity (Wildman–Crippen MR) is 58.8 cm³/mol. The lowest BCUT2D eigenvalue weighted by atomic mass is 10.3. The molecule has 2 heterocycles. The van der Waals surface area contributed by atoms with E-state index in [2.05, 4.69) is 17.1 Å². The van der Waals surface area contributed by atoms with Gasteiger partial charge in [-0.05, 0) is 13.3 Å². The molecule has 2 rings (SSSR count). The molecule has 84 valence electrons. The molecule has 0 unspecified atom stereocenters. The average molecular weight is 228 g/mol. The first-order valence-electron chi connectivity index (χ1n) is 5.34. The fourth-order valence-electron chi connectivity index (χ4n) is 1.60. The summed E-state index contributed by atoms with van der Waals surface area (Å²) in [6.07, 6.45) is 2.31. The molecule has 1 aromatic rings. The normalized spacial score (nSPS) is 26.0. The summed E-state index contributed by atoms with van der Waals surface area (Å²) in [5, 5.41) is 4.44. The lowest BCUT2D eigenvalue weighted by Gasteiger charge is -2.11. The van der Waals surface area contributed by atoms with Gasteiger partial charge in [0.15, 0.2) is 5.82 Å². The summed E-state index contributed by atoms with van der Waals surface area (Å²) in [4.78, 5) is 4.28. The van der Waals surface area contributed by atoms with E-state index in [9.17, 15) is 0 Å². The number of nitrogens with zero attached hydrogens (tertiary/aromatic N) is 2. The molecular weight excluding hydrogens is 212 g/mol. The third-order valence-corrected chi connectivity index (χ3v) is 4.01. The third-order valence-electron chi connectivity index (χ3n) is 2.55. The molecule has 5 heteroatoms. The van der Waals surface area contributed by atoms with E-state index in [0.29, 0.717) is 11.4 Å². The van der Waals surface area contributed by atoms with Gasteiger partial charge in [-0.1, -0.05) is 12.1 Å². The molecule has 0 N–H and O–H groups in total. The molecule has 4 nitrogen and oxygen atoms in total. The first-order valence-corrected chi connectivity index (χ1v) is 6.39. The van der Waals surface area contributed by atoms with Crippen LogP contribution in [0.1, 0.15) is 32.0 Å². The lowest BCUT2D eigenvalue weighted by Crippen LogP contribution is -2.13. The van der Waals surface area contributed by atoms with Crippen LogP contribution >= 0.6 is 11.8 Å². The zero-order valence-corrected chi connectivity index (χ0v) is 9.92. The van der Waals surface area contributed by atoms with Gasteiger partial charge >= 0.3 is 0 Å². The van der Waals surface area contributed by atoms with E-state index in [-0.39, 0.29) is 0 Å². The molecule has 0 spiro atoms. The summed E-state index contributed by atoms with van der Waals surface area (Å²) in [7, 11) is 0. The Morgan fingerprint density at radius 1 is 1.53 bits per heavy atom. The molecule has 1 saturated heterocycles. The fourth-order valence-corrected chi connectivity index (χ4v) is 2.69. The Bertz CT molecular complexity index is 316. The zero-order chi connectivity index (χ0) is 10.7. The molecule has 15 heavy (non-hydrogen) atoms. The van der Waals surface area contributed by atoms with Crippen LogP contribution in [0.3, 0.4) is 0 Å². The number of hydrogen-bond acceptors (Lipinski definition) is 5. The van der Waals surface area contributed by atoms with Gasteiger partial charge in [-0.2, -0.15) is 4.98 Å². The quantitative estimate of drug-likeness (QED) is 0.789. The van der Waals surface area contributed by atoms with Crippen molar-refractivity contribution in [1.82, 2.24) is 10.1 Å². The van der Waals surface area contributed by atoms with Crippen molar-refractivity contribution in [3.63, 3.8) is 0 Å². The molecule has 1 aromatic heterocycles. The molecule has 1 fully saturated rings. The number of aryl methyl sites for hydroxylation is 1. The summed E-state index contributed by atoms with van der Waals surface area (Å²) in [5.41, 5.74) is 0. The maximum Gasteiger partial charge on any atom is 0.236 e. The van der Waals surface area contributed by atoms with Gasteiger partial charge in [-0.25, -0.2) is 0 Å². The molecule has 0 bridgehead atoms. The van der Waals surface area contributed by atoms with Crippen LogP contribution in [0.15, 0.2) is 4.52 Å². The first kappa shape index (κ1) is 11.0. The molecule has 0 aromatic carbocycles. The van der Waals surface area contributed by atoms with Gasteiger partial charge in [-0.3, -0.25) is 0 Å². The summed E-state index contributed by atoms with van der Waals surface area (Å²) >= 11 is 1.85. The monoisotopic (exact) mass is 228 g/mol. The van der Waals surface area contributed by atoms with Crippen LogP contribution in [0.5, 0.6) is 0 Å². The van der Waals surface area contributed by atoms with E-state index in [1.165, 1.54) is 0 Å². The smallest absolute Gasteiger partial charge is 0.236 e. The van der Waals surface area contributed by atoms with Gasteiger partial charge in [-0.15, -0.1) is 11.8 Å². The van der Waals surface area contributed by atoms with Crippen molar-refractivity contribution >= 4 is 11.8 Å². The van der Waals surface area contributed by atoms with Crippen molar-refractivity contribution in [3.8, 4) is 0 Å². The van der Waals surface area contributed by atoms with Crippen molar-refractivity contribution < 1.29 is 9.26 Å². The highest BCUT2D eigenvalue weighted by Gasteiger charge is 2.25. The van der Waals surface area contributed by atoms with Crippen LogP contribution in [0.25, 0.3) is 0 Å². The van der Waals surface area contributed by atoms with Gasteiger partial charge < -0.3 is 9.26 Å². The van der Waals surface area contributed by atoms with Gasteiger partial charge in [0.1, 0.15) is 0 Å². The van der Waals surface area contributed by atoms with Crippen molar-refractivity contribution in [3.05, 3.63) is 11.7 Å². The van der Waals surface area contributed by atoms with Crippen molar-refractivity contribution in [1.29, 1.82) is 0 Å². The van der Waals surface area contributed by atoms with E-state index >= 15 is 0 Å². The second-order valence-corrected chi connectivity index (χ2v) is 4.90. The predicted octanol–water partition coefficient (Wildman–Crippen LogP) is 2.04. The summed E-state index contributed by atoms with van der Waals surface area (Å²) in [6, 6.07) is 0. The van der Waals surface area contributed by atoms with Gasteiger partial charge in [0.2, 0.25) is 5.89 Å². The molecule has 2 atom stereocenters. The Hall–Kier alpha value is -0.550. The molecule has 1 aliphatic rings. The third kappa shape index (κ3) is 2.72. The van der Waals surface area contributed by atoms with E-state index in [0.717, 1.165) is 36.9 Å². The van der Waals surface area contributed by atoms with Crippen LogP contribution in [-0.2, 0) is 16.9 Å². The maximum absolute atomic E-state index is 5.49. The Labute approximate surface area is 93.8 Å². The van der Waals surface area contributed by atoms with Crippen LogP contribution in [0, 0.1) is 0 Å². The minimum absolute atomic E-state index is 0.351. The number of rotatable bonds is 4. The van der Waals surface area contributed by atoms with Crippen LogP contribution in [-0.4, -0.2) is 28.1 Å². The standard InChI is InChI=1S/C10H16N2O2S/c1-3-9-11-10(14-12-9)6-15-8-4-5-13-7(8)2/h7-8H,3-6H2,1-2H3/t7-,8-/m1/s1. The SMILES string of the molecule is CCc1noc(CS[C@@H]2CCO[C@@H]2C)n1. The molecule has 0 aliphatic carbocycles. The molecular formula is C10H16N2O2S. The number of ether oxygens (including phenoxy) is 1. The zero-order valence-electron chi connectivity index (χ0n) is 9.10. The number of thioether (sulfide) groups is 1. The minimum atomic E-state index is 0.351. The Balaban J connectivity index is 1.82. The van der Waals surface area contributed by atoms with Gasteiger partial charge in [0, 0.05) is 18.3 Å². The van der Waals surface area contributed by atoms with Crippen LogP contribution in [0.2, 0.25) is 0 Å². The number of aromatic nitrogens is 2. The largest absolute Gasteiger partial charge is 0.377 e. The first-order chi connectivity index (χ1) is 7.29. The van der Waals surface area contributed by atoms with Crippen molar-refractivity contribution in [2.45, 2.75) is 43.8 Å². The van der Waals surface area contributed by atoms with Crippen molar-refractivity contribution in [2.24, 2.45) is 0 Å². The molecule has 0 saturated carbocycles. The minimum Gasteiger partial charge on any atom is -0.377 e. The highest BCUT2D eigenvalue weighted by Crippen LogP contribution is 2.28. The Kier molecular flexibility index (Phi) is 3.64. The molecule has 1 aliphatic heterocycles. The van der Waals surface area contributed by atoms with E-state index in [1.54, 1.807) is 0 Å². The van der Waals surface area contributed by atoms with Crippen molar-refractivity contribution in [2.75, 3.05) is 6.61 Å². The fraction of sp³-hybridized carbons (Fsp3) is 0.800.